The first-order valence-electron chi connectivity index (χ1n) is 12.1. The van der Waals surface area contributed by atoms with Crippen molar-refractivity contribution in [2.24, 2.45) is 0 Å². The van der Waals surface area contributed by atoms with Gasteiger partial charge in [0.2, 0.25) is 11.7 Å². The highest BCUT2D eigenvalue weighted by molar-refractivity contribution is 7.14. The van der Waals surface area contributed by atoms with Crippen molar-refractivity contribution in [2.45, 2.75) is 24.9 Å². The Kier molecular flexibility index (Phi) is 9.02. The molecular formula is C27H28N4O7S. The molecule has 39 heavy (non-hydrogen) atoms. The predicted molar refractivity (Wildman–Crippen MR) is 143 cm³/mol. The van der Waals surface area contributed by atoms with Crippen molar-refractivity contribution >= 4 is 40.1 Å². The highest BCUT2D eigenvalue weighted by atomic mass is 32.1. The zero-order valence-electron chi connectivity index (χ0n) is 21.3. The minimum Gasteiger partial charge on any atom is -0.491 e. The molecule has 1 saturated heterocycles. The van der Waals surface area contributed by atoms with Gasteiger partial charge < -0.3 is 25.2 Å². The van der Waals surface area contributed by atoms with Gasteiger partial charge in [0.05, 0.1) is 6.61 Å². The van der Waals surface area contributed by atoms with Crippen molar-refractivity contribution in [3.8, 4) is 5.75 Å². The van der Waals surface area contributed by atoms with E-state index >= 15 is 0 Å². The van der Waals surface area contributed by atoms with E-state index in [-0.39, 0.29) is 10.8 Å². The summed E-state index contributed by atoms with van der Waals surface area (Å²) in [7, 11) is 1.57. The lowest BCUT2D eigenvalue weighted by Crippen LogP contribution is -2.50. The smallest absolute Gasteiger partial charge is 0.325 e. The number of benzene rings is 2. The molecule has 2 aromatic carbocycles. The predicted octanol–water partition coefficient (Wildman–Crippen LogP) is 2.75. The third kappa shape index (κ3) is 6.30. The number of ketones is 1. The molecule has 0 saturated carbocycles. The van der Waals surface area contributed by atoms with Crippen molar-refractivity contribution in [1.82, 2.24) is 15.2 Å². The molecule has 3 aromatic rings. The number of Topliss-reactive ketones (excluding diaryl/α,β-unsaturated/α-hetero) is 1. The van der Waals surface area contributed by atoms with Crippen LogP contribution >= 0.6 is 11.3 Å². The molecule has 1 aliphatic heterocycles. The van der Waals surface area contributed by atoms with Crippen LogP contribution in [0.5, 0.6) is 5.75 Å². The number of amides is 4. The number of ether oxygens (including phenoxy) is 2. The standard InChI is InChI=1S/C27H28N4O7S/c1-16(17-6-4-3-5-7-17)23(24(34)30-26-28-20(15-39-26)21(33)14-32)31-25(35)22(29-27(31)36)18-8-10-19(11-9-18)38-13-12-37-2/h3-11,15-16,22-23,32H,12-14H2,1-2H3,(H,29,36)(H,28,30,34)/t16?,22-,23?/m1/s1. The topological polar surface area (TPSA) is 147 Å². The summed E-state index contributed by atoms with van der Waals surface area (Å²) in [4.78, 5) is 57.1. The summed E-state index contributed by atoms with van der Waals surface area (Å²) in [5, 5.41) is 15.9. The average Bonchev–Trinajstić information content (AvgIpc) is 3.53. The van der Waals surface area contributed by atoms with Crippen molar-refractivity contribution < 1.29 is 33.8 Å². The number of aromatic nitrogens is 1. The highest BCUT2D eigenvalue weighted by Gasteiger charge is 2.47. The lowest BCUT2D eigenvalue weighted by Gasteiger charge is -2.29. The van der Waals surface area contributed by atoms with Crippen LogP contribution in [0, 0.1) is 0 Å². The van der Waals surface area contributed by atoms with Crippen molar-refractivity contribution in [1.29, 1.82) is 0 Å². The maximum absolute atomic E-state index is 13.6. The Morgan fingerprint density at radius 2 is 1.85 bits per heavy atom. The van der Waals surface area contributed by atoms with E-state index in [0.717, 1.165) is 21.8 Å². The zero-order valence-corrected chi connectivity index (χ0v) is 22.1. The van der Waals surface area contributed by atoms with Gasteiger partial charge in [-0.25, -0.2) is 14.7 Å². The van der Waals surface area contributed by atoms with Gasteiger partial charge in [0.25, 0.3) is 5.91 Å². The van der Waals surface area contributed by atoms with E-state index in [9.17, 15) is 19.2 Å². The molecule has 11 nitrogen and oxygen atoms in total. The average molecular weight is 553 g/mol. The number of hydrogen-bond donors (Lipinski definition) is 3. The van der Waals surface area contributed by atoms with E-state index < -0.39 is 48.2 Å². The number of methoxy groups -OCH3 is 1. The number of rotatable bonds is 12. The first-order valence-corrected chi connectivity index (χ1v) is 13.0. The van der Waals surface area contributed by atoms with Gasteiger partial charge >= 0.3 is 6.03 Å². The van der Waals surface area contributed by atoms with Gasteiger partial charge in [0.1, 0.15) is 36.7 Å². The summed E-state index contributed by atoms with van der Waals surface area (Å²) in [5.74, 6) is -1.80. The van der Waals surface area contributed by atoms with Crippen LogP contribution in [-0.4, -0.2) is 71.6 Å². The largest absolute Gasteiger partial charge is 0.491 e. The molecule has 0 aliphatic carbocycles. The van der Waals surface area contributed by atoms with Gasteiger partial charge in [-0.05, 0) is 23.3 Å². The second kappa shape index (κ2) is 12.6. The zero-order chi connectivity index (χ0) is 27.9. The lowest BCUT2D eigenvalue weighted by atomic mass is 9.91. The van der Waals surface area contributed by atoms with Gasteiger partial charge in [-0.15, -0.1) is 11.3 Å². The molecule has 1 aliphatic rings. The maximum Gasteiger partial charge on any atom is 0.325 e. The molecule has 0 radical (unpaired) electrons. The number of urea groups is 1. The third-order valence-corrected chi connectivity index (χ3v) is 7.01. The Hall–Kier alpha value is -4.13. The lowest BCUT2D eigenvalue weighted by molar-refractivity contribution is -0.134. The number of aliphatic hydroxyl groups is 1. The highest BCUT2D eigenvalue weighted by Crippen LogP contribution is 2.32. The molecule has 4 rings (SSSR count). The fraction of sp³-hybridized carbons (Fsp3) is 0.296. The number of thiazole rings is 1. The summed E-state index contributed by atoms with van der Waals surface area (Å²) >= 11 is 0.998. The second-order valence-electron chi connectivity index (χ2n) is 8.75. The number of anilines is 1. The third-order valence-electron chi connectivity index (χ3n) is 6.25. The Labute approximate surface area is 228 Å². The Bertz CT molecular complexity index is 1330. The summed E-state index contributed by atoms with van der Waals surface area (Å²) in [6.07, 6.45) is 0. The summed E-state index contributed by atoms with van der Waals surface area (Å²) in [6, 6.07) is 12.9. The summed E-state index contributed by atoms with van der Waals surface area (Å²) < 4.78 is 10.5. The van der Waals surface area contributed by atoms with Crippen molar-refractivity contribution in [3.05, 3.63) is 76.8 Å². The van der Waals surface area contributed by atoms with Crippen LogP contribution in [0.1, 0.15) is 40.5 Å². The van der Waals surface area contributed by atoms with E-state index in [0.29, 0.717) is 24.5 Å². The van der Waals surface area contributed by atoms with E-state index in [4.69, 9.17) is 14.6 Å². The molecule has 0 spiro atoms. The SMILES string of the molecule is COCCOc1ccc([C@H]2NC(=O)N(C(C(=O)Nc3nc(C(=O)CO)cs3)C(C)c3ccccc3)C2=O)cc1. The fourth-order valence-electron chi connectivity index (χ4n) is 4.21. The van der Waals surface area contributed by atoms with E-state index in [1.807, 2.05) is 18.2 Å². The Balaban J connectivity index is 1.59. The first-order chi connectivity index (χ1) is 18.8. The van der Waals surface area contributed by atoms with Crippen LogP contribution in [0.3, 0.4) is 0 Å². The monoisotopic (exact) mass is 552 g/mol. The van der Waals surface area contributed by atoms with Crippen LogP contribution in [0.4, 0.5) is 9.93 Å². The summed E-state index contributed by atoms with van der Waals surface area (Å²) in [5.41, 5.74) is 1.29. The number of aliphatic hydroxyl groups excluding tert-OH is 1. The quantitative estimate of drug-likeness (QED) is 0.177. The van der Waals surface area contributed by atoms with Gasteiger partial charge in [-0.1, -0.05) is 49.4 Å². The number of nitrogens with zero attached hydrogens (tertiary/aromatic N) is 2. The van der Waals surface area contributed by atoms with Crippen molar-refractivity contribution in [3.63, 3.8) is 0 Å². The van der Waals surface area contributed by atoms with Crippen molar-refractivity contribution in [2.75, 3.05) is 32.2 Å². The van der Waals surface area contributed by atoms with Gasteiger partial charge in [0, 0.05) is 18.4 Å². The van der Waals surface area contributed by atoms with Crippen LogP contribution < -0.4 is 15.4 Å². The molecule has 3 N–H and O–H groups in total. The molecule has 12 heteroatoms. The minimum atomic E-state index is -1.22. The molecule has 1 aromatic heterocycles. The molecule has 1 fully saturated rings. The number of carbonyl (C=O) groups is 4. The number of nitrogens with one attached hydrogen (secondary N) is 2. The van der Waals surface area contributed by atoms with E-state index in [1.165, 1.54) is 5.38 Å². The van der Waals surface area contributed by atoms with Gasteiger partial charge in [-0.2, -0.15) is 0 Å². The van der Waals surface area contributed by atoms with Crippen LogP contribution in [0.25, 0.3) is 0 Å². The Morgan fingerprint density at radius 3 is 2.51 bits per heavy atom. The molecule has 0 bridgehead atoms. The van der Waals surface area contributed by atoms with Crippen LogP contribution in [0.15, 0.2) is 60.0 Å². The first kappa shape index (κ1) is 27.9. The Morgan fingerprint density at radius 1 is 1.13 bits per heavy atom. The second-order valence-corrected chi connectivity index (χ2v) is 9.61. The van der Waals surface area contributed by atoms with Crippen LogP contribution in [-0.2, 0) is 14.3 Å². The molecule has 204 valence electrons. The minimum absolute atomic E-state index is 0.00941. The molecule has 2 heterocycles. The van der Waals surface area contributed by atoms with Crippen LogP contribution in [0.2, 0.25) is 0 Å². The van der Waals surface area contributed by atoms with E-state index in [2.05, 4.69) is 15.6 Å². The van der Waals surface area contributed by atoms with Gasteiger partial charge in [0.15, 0.2) is 5.13 Å². The number of hydrogen-bond acceptors (Lipinski definition) is 9. The fourth-order valence-corrected chi connectivity index (χ4v) is 4.93. The maximum atomic E-state index is 13.6. The molecule has 4 amide bonds. The number of imide groups is 1. The molecule has 3 atom stereocenters. The normalized spacial score (nSPS) is 16.5. The van der Waals surface area contributed by atoms with E-state index in [1.54, 1.807) is 50.4 Å². The van der Waals surface area contributed by atoms with Gasteiger partial charge in [-0.3, -0.25) is 14.4 Å². The molecule has 2 unspecified atom stereocenters. The molecular weight excluding hydrogens is 524 g/mol. The summed E-state index contributed by atoms with van der Waals surface area (Å²) in [6.45, 7) is 1.83. The number of carbonyl (C=O) groups excluding carboxylic acids is 4.